The van der Waals surface area contributed by atoms with Crippen molar-refractivity contribution in [2.24, 2.45) is 0 Å². The molecule has 0 radical (unpaired) electrons. The molecule has 0 saturated carbocycles. The number of rotatable bonds is 7. The number of halogens is 3. The number of likely N-dealkylation sites (N-methyl/N-ethyl adjacent to an activating group) is 2. The van der Waals surface area contributed by atoms with Crippen LogP contribution in [0.25, 0.3) is 0 Å². The highest BCUT2D eigenvalue weighted by Gasteiger charge is 2.35. The van der Waals surface area contributed by atoms with E-state index < -0.39 is 17.5 Å². The van der Waals surface area contributed by atoms with Gasteiger partial charge in [-0.1, -0.05) is 0 Å². The van der Waals surface area contributed by atoms with Gasteiger partial charge >= 0.3 is 0 Å². The topological polar surface area (TPSA) is 79.2 Å². The van der Waals surface area contributed by atoms with Gasteiger partial charge in [-0.3, -0.25) is 9.48 Å². The number of fused-ring (bicyclic) bond motifs is 1. The van der Waals surface area contributed by atoms with Crippen LogP contribution in [0.2, 0.25) is 0 Å². The Morgan fingerprint density at radius 2 is 1.79 bits per heavy atom. The number of aromatic nitrogens is 4. The summed E-state index contributed by atoms with van der Waals surface area (Å²) in [6.07, 6.45) is 4.96. The maximum absolute atomic E-state index is 13.4. The quantitative estimate of drug-likeness (QED) is 0.546. The SMILES string of the molecule is CCN1C(=O)[C@H](C)N(CC)c2nc(NCc3cnn(Cc4cc(F)c(F)c(F)c4)c3)ncc21. The molecule has 0 fully saturated rings. The van der Waals surface area contributed by atoms with Crippen molar-refractivity contribution in [3.8, 4) is 0 Å². The molecule has 1 atom stereocenters. The van der Waals surface area contributed by atoms with Gasteiger partial charge in [0.2, 0.25) is 11.9 Å². The zero-order valence-electron chi connectivity index (χ0n) is 18.5. The second-order valence-corrected chi connectivity index (χ2v) is 7.72. The molecule has 1 aromatic carbocycles. The van der Waals surface area contributed by atoms with Crippen molar-refractivity contribution in [3.05, 3.63) is 59.3 Å². The Morgan fingerprint density at radius 3 is 2.45 bits per heavy atom. The summed E-state index contributed by atoms with van der Waals surface area (Å²) in [5.41, 5.74) is 1.74. The van der Waals surface area contributed by atoms with E-state index in [1.165, 1.54) is 4.68 Å². The molecule has 174 valence electrons. The second-order valence-electron chi connectivity index (χ2n) is 7.72. The number of nitrogens with zero attached hydrogens (tertiary/aromatic N) is 6. The molecule has 1 aliphatic rings. The van der Waals surface area contributed by atoms with Crippen LogP contribution >= 0.6 is 0 Å². The molecular weight excluding hydrogens is 435 g/mol. The summed E-state index contributed by atoms with van der Waals surface area (Å²) < 4.78 is 41.5. The fraction of sp³-hybridized carbons (Fsp3) is 0.364. The van der Waals surface area contributed by atoms with Gasteiger partial charge in [-0.25, -0.2) is 18.2 Å². The van der Waals surface area contributed by atoms with E-state index in [0.717, 1.165) is 17.7 Å². The Balaban J connectivity index is 1.47. The minimum Gasteiger partial charge on any atom is -0.350 e. The van der Waals surface area contributed by atoms with Gasteiger partial charge in [0, 0.05) is 31.4 Å². The first-order valence-corrected chi connectivity index (χ1v) is 10.7. The van der Waals surface area contributed by atoms with Crippen molar-refractivity contribution in [2.45, 2.75) is 39.9 Å². The Kier molecular flexibility index (Phi) is 6.21. The monoisotopic (exact) mass is 459 g/mol. The standard InChI is InChI=1S/C22H24F3N7O/c1-4-31-13(3)21(33)32(5-2)18-10-27-22(29-20(18)31)26-8-15-9-28-30(12-15)11-14-6-16(23)19(25)17(24)7-14/h6-7,9-10,12-13H,4-5,8,11H2,1-3H3,(H,26,27,29)/t13-/m0/s1. The predicted molar refractivity (Wildman–Crippen MR) is 118 cm³/mol. The molecule has 0 spiro atoms. The molecular formula is C22H24F3N7O. The van der Waals surface area contributed by atoms with Crippen molar-refractivity contribution < 1.29 is 18.0 Å². The van der Waals surface area contributed by atoms with E-state index >= 15 is 0 Å². The number of hydrogen-bond donors (Lipinski definition) is 1. The van der Waals surface area contributed by atoms with E-state index in [0.29, 0.717) is 37.1 Å². The molecule has 3 heterocycles. The summed E-state index contributed by atoms with van der Waals surface area (Å²) >= 11 is 0. The number of carbonyl (C=O) groups excluding carboxylic acids is 1. The minimum atomic E-state index is -1.49. The number of hydrogen-bond acceptors (Lipinski definition) is 6. The lowest BCUT2D eigenvalue weighted by molar-refractivity contribution is -0.119. The zero-order valence-corrected chi connectivity index (χ0v) is 18.5. The molecule has 1 N–H and O–H groups in total. The Hall–Kier alpha value is -3.63. The average Bonchev–Trinajstić information content (AvgIpc) is 3.24. The molecule has 8 nitrogen and oxygen atoms in total. The van der Waals surface area contributed by atoms with Crippen LogP contribution in [0.1, 0.15) is 31.9 Å². The highest BCUT2D eigenvalue weighted by Crippen LogP contribution is 2.34. The van der Waals surface area contributed by atoms with Crippen molar-refractivity contribution >= 4 is 23.4 Å². The molecule has 0 aliphatic carbocycles. The van der Waals surface area contributed by atoms with Crippen LogP contribution in [0.5, 0.6) is 0 Å². The largest absolute Gasteiger partial charge is 0.350 e. The molecule has 3 aromatic rings. The Labute approximate surface area is 189 Å². The molecule has 33 heavy (non-hydrogen) atoms. The van der Waals surface area contributed by atoms with Gasteiger partial charge < -0.3 is 15.1 Å². The van der Waals surface area contributed by atoms with Crippen molar-refractivity contribution in [2.75, 3.05) is 28.2 Å². The molecule has 1 amide bonds. The number of anilines is 3. The molecule has 0 bridgehead atoms. The molecule has 4 rings (SSSR count). The van der Waals surface area contributed by atoms with E-state index in [1.54, 1.807) is 23.5 Å². The van der Waals surface area contributed by atoms with E-state index in [-0.39, 0.29) is 24.1 Å². The van der Waals surface area contributed by atoms with Gasteiger partial charge in [0.05, 0.1) is 18.9 Å². The number of benzene rings is 1. The van der Waals surface area contributed by atoms with Crippen LogP contribution < -0.4 is 15.1 Å². The van der Waals surface area contributed by atoms with Gasteiger partial charge in [0.1, 0.15) is 11.7 Å². The van der Waals surface area contributed by atoms with Gasteiger partial charge in [-0.05, 0) is 38.5 Å². The smallest absolute Gasteiger partial charge is 0.249 e. The predicted octanol–water partition coefficient (Wildman–Crippen LogP) is 3.33. The van der Waals surface area contributed by atoms with Crippen LogP contribution in [-0.4, -0.2) is 44.8 Å². The molecule has 1 aliphatic heterocycles. The zero-order chi connectivity index (χ0) is 23.7. The van der Waals surface area contributed by atoms with Crippen molar-refractivity contribution in [1.29, 1.82) is 0 Å². The van der Waals surface area contributed by atoms with E-state index in [1.807, 2.05) is 25.7 Å². The first-order valence-electron chi connectivity index (χ1n) is 10.7. The number of nitrogens with one attached hydrogen (secondary N) is 1. The third kappa shape index (κ3) is 4.35. The Morgan fingerprint density at radius 1 is 1.06 bits per heavy atom. The summed E-state index contributed by atoms with van der Waals surface area (Å²) in [6.45, 7) is 7.36. The fourth-order valence-electron chi connectivity index (χ4n) is 3.92. The van der Waals surface area contributed by atoms with Gasteiger partial charge in [0.25, 0.3) is 0 Å². The number of amides is 1. The molecule has 2 aromatic heterocycles. The van der Waals surface area contributed by atoms with Crippen LogP contribution in [0.15, 0.2) is 30.7 Å². The first kappa shape index (κ1) is 22.6. The maximum Gasteiger partial charge on any atom is 0.249 e. The Bertz CT molecular complexity index is 1160. The van der Waals surface area contributed by atoms with E-state index in [4.69, 9.17) is 0 Å². The third-order valence-corrected chi connectivity index (χ3v) is 5.59. The lowest BCUT2D eigenvalue weighted by Gasteiger charge is -2.39. The van der Waals surface area contributed by atoms with Gasteiger partial charge in [-0.2, -0.15) is 10.1 Å². The summed E-state index contributed by atoms with van der Waals surface area (Å²) in [5, 5.41) is 7.33. The van der Waals surface area contributed by atoms with Crippen LogP contribution in [-0.2, 0) is 17.9 Å². The number of carbonyl (C=O) groups is 1. The van der Waals surface area contributed by atoms with Gasteiger partial charge in [0.15, 0.2) is 23.3 Å². The maximum atomic E-state index is 13.4. The normalized spacial score (nSPS) is 15.7. The van der Waals surface area contributed by atoms with Crippen LogP contribution in [0.3, 0.4) is 0 Å². The fourth-order valence-corrected chi connectivity index (χ4v) is 3.92. The molecule has 0 saturated heterocycles. The van der Waals surface area contributed by atoms with Crippen LogP contribution in [0, 0.1) is 17.5 Å². The first-order chi connectivity index (χ1) is 15.8. The minimum absolute atomic E-state index is 0.0180. The summed E-state index contributed by atoms with van der Waals surface area (Å²) in [7, 11) is 0. The molecule has 11 heteroatoms. The summed E-state index contributed by atoms with van der Waals surface area (Å²) in [5.74, 6) is -2.84. The van der Waals surface area contributed by atoms with E-state index in [9.17, 15) is 18.0 Å². The van der Waals surface area contributed by atoms with Crippen molar-refractivity contribution in [3.63, 3.8) is 0 Å². The highest BCUT2D eigenvalue weighted by atomic mass is 19.2. The lowest BCUT2D eigenvalue weighted by atomic mass is 10.1. The van der Waals surface area contributed by atoms with Crippen molar-refractivity contribution in [1.82, 2.24) is 19.7 Å². The van der Waals surface area contributed by atoms with Crippen LogP contribution in [0.4, 0.5) is 30.6 Å². The summed E-state index contributed by atoms with van der Waals surface area (Å²) in [4.78, 5) is 25.2. The third-order valence-electron chi connectivity index (χ3n) is 5.59. The van der Waals surface area contributed by atoms with Gasteiger partial charge in [-0.15, -0.1) is 0 Å². The van der Waals surface area contributed by atoms with E-state index in [2.05, 4.69) is 20.4 Å². The lowest BCUT2D eigenvalue weighted by Crippen LogP contribution is -2.52. The second kappa shape index (κ2) is 9.08. The highest BCUT2D eigenvalue weighted by molar-refractivity contribution is 6.04. The summed E-state index contributed by atoms with van der Waals surface area (Å²) in [6, 6.07) is 1.58. The molecule has 0 unspecified atom stereocenters. The average molecular weight is 459 g/mol.